The molecule has 0 spiro atoms. The van der Waals surface area contributed by atoms with Crippen molar-refractivity contribution in [1.82, 2.24) is 9.13 Å². The molecule has 0 N–H and O–H groups in total. The molecule has 15 rings (SSSR count). The third-order valence-corrected chi connectivity index (χ3v) is 17.3. The van der Waals surface area contributed by atoms with E-state index in [4.69, 9.17) is 0 Å². The molecule has 0 fully saturated rings. The van der Waals surface area contributed by atoms with E-state index >= 15 is 0 Å². The van der Waals surface area contributed by atoms with Crippen molar-refractivity contribution in [3.8, 4) is 23.5 Å². The quantitative estimate of drug-likeness (QED) is 0.159. The third kappa shape index (κ3) is 6.92. The van der Waals surface area contributed by atoms with Gasteiger partial charge in [0.15, 0.2) is 0 Å². The number of aromatic nitrogens is 2. The van der Waals surface area contributed by atoms with Gasteiger partial charge in [-0.1, -0.05) is 173 Å². The molecule has 81 heavy (non-hydrogen) atoms. The molecule has 0 saturated carbocycles. The van der Waals surface area contributed by atoms with Gasteiger partial charge in [-0.15, -0.1) is 0 Å². The van der Waals surface area contributed by atoms with Crippen LogP contribution in [0.2, 0.25) is 0 Å². The van der Waals surface area contributed by atoms with E-state index < -0.39 is 0 Å². The summed E-state index contributed by atoms with van der Waals surface area (Å²) in [4.78, 5) is 6.97. The van der Waals surface area contributed by atoms with Crippen molar-refractivity contribution >= 4 is 94.8 Å². The highest BCUT2D eigenvalue weighted by Crippen LogP contribution is 2.55. The van der Waals surface area contributed by atoms with Crippen LogP contribution in [-0.4, -0.2) is 9.13 Å². The number of hydrogen-bond acceptors (Lipinski definition) is 5. The van der Waals surface area contributed by atoms with Crippen molar-refractivity contribution < 1.29 is 0 Å². The fraction of sp³-hybridized carbons (Fsp3) is 0.0811. The smallest absolute Gasteiger partial charge is 0.104 e. The summed E-state index contributed by atoms with van der Waals surface area (Å²) in [7, 11) is 0. The van der Waals surface area contributed by atoms with E-state index in [1.165, 1.54) is 22.3 Å². The highest BCUT2D eigenvalue weighted by atomic mass is 15.2. The normalized spacial score (nSPS) is 13.8. The lowest BCUT2D eigenvalue weighted by Gasteiger charge is -2.42. The molecule has 7 heteroatoms. The van der Waals surface area contributed by atoms with Crippen LogP contribution in [-0.2, 0) is 10.8 Å². The van der Waals surface area contributed by atoms with Gasteiger partial charge in [0.2, 0.25) is 0 Å². The van der Waals surface area contributed by atoms with Gasteiger partial charge in [-0.3, -0.25) is 0 Å². The Morgan fingerprint density at radius 1 is 0.333 bits per heavy atom. The first-order valence-corrected chi connectivity index (χ1v) is 27.6. The molecule has 0 saturated heterocycles. The molecular weight excluding hydrogens is 987 g/mol. The molecule has 0 unspecified atom stereocenters. The van der Waals surface area contributed by atoms with Crippen molar-refractivity contribution in [3.63, 3.8) is 0 Å². The largest absolute Gasteiger partial charge is 0.310 e. The second-order valence-corrected chi connectivity index (χ2v) is 22.3. The van der Waals surface area contributed by atoms with Gasteiger partial charge in [0.05, 0.1) is 61.9 Å². The summed E-state index contributed by atoms with van der Waals surface area (Å²) in [5, 5.41) is 28.4. The highest BCUT2D eigenvalue weighted by molar-refractivity contribution is 6.14. The van der Waals surface area contributed by atoms with Crippen LogP contribution in [0.4, 0.5) is 51.2 Å². The number of nitriles is 2. The molecule has 0 aliphatic carbocycles. The molecule has 0 radical (unpaired) electrons. The Hall–Kier alpha value is -10.6. The second-order valence-electron chi connectivity index (χ2n) is 22.3. The Bertz CT molecular complexity index is 4460. The fourth-order valence-electron chi connectivity index (χ4n) is 13.6. The molecule has 4 heterocycles. The van der Waals surface area contributed by atoms with Crippen molar-refractivity contribution in [3.05, 3.63) is 282 Å². The van der Waals surface area contributed by atoms with Crippen LogP contribution in [0, 0.1) is 22.7 Å². The van der Waals surface area contributed by atoms with Crippen LogP contribution in [0.25, 0.3) is 55.0 Å². The summed E-state index contributed by atoms with van der Waals surface area (Å²) < 4.78 is 4.42. The summed E-state index contributed by atoms with van der Waals surface area (Å²) >= 11 is 0. The molecular formula is C74H53N7. The van der Waals surface area contributed by atoms with Crippen molar-refractivity contribution in [2.75, 3.05) is 14.7 Å². The minimum Gasteiger partial charge on any atom is -0.310 e. The Morgan fingerprint density at radius 3 is 1.10 bits per heavy atom. The van der Waals surface area contributed by atoms with Crippen molar-refractivity contribution in [2.45, 2.75) is 38.5 Å². The van der Waals surface area contributed by atoms with E-state index in [0.717, 1.165) is 89.1 Å². The maximum atomic E-state index is 12.1. The highest BCUT2D eigenvalue weighted by Gasteiger charge is 2.39. The summed E-state index contributed by atoms with van der Waals surface area (Å²) in [6.45, 7) is 9.26. The molecule has 11 aromatic carbocycles. The lowest BCUT2D eigenvalue weighted by molar-refractivity contribution is 0.632. The van der Waals surface area contributed by atoms with Crippen molar-refractivity contribution in [1.29, 1.82) is 10.5 Å². The zero-order valence-electron chi connectivity index (χ0n) is 45.3. The van der Waals surface area contributed by atoms with Crippen LogP contribution < -0.4 is 14.7 Å². The monoisotopic (exact) mass is 1040 g/mol. The van der Waals surface area contributed by atoms with Gasteiger partial charge in [-0.25, -0.2) is 0 Å². The van der Waals surface area contributed by atoms with E-state index in [1.807, 2.05) is 36.4 Å². The standard InChI is InChI=1S/C74H53N7/c1-73(2)58-29-13-19-35-66(58)78(67-36-20-14-30-59(67)73)50-39-41-64-54(43-50)55-44-51(79-68-37-21-15-31-60(68)74(3,4)61-32-16-22-38-69(61)79)40-42-65(55)81(64)72-56(46-75)70(77(48-23-7-5-8-24-48)49-25-9-6-10-26-49)45-71(57(72)47-76)80-62-33-17-11-27-52(62)53-28-12-18-34-63(53)80/h5-45H,1-4H3. The number of fused-ring (bicyclic) bond motifs is 10. The molecule has 2 aliphatic heterocycles. The van der Waals surface area contributed by atoms with E-state index in [9.17, 15) is 10.5 Å². The number of hydrogen-bond donors (Lipinski definition) is 0. The van der Waals surface area contributed by atoms with Gasteiger partial charge in [-0.05, 0) is 125 Å². The van der Waals surface area contributed by atoms with E-state index in [0.29, 0.717) is 28.2 Å². The number of para-hydroxylation sites is 8. The molecule has 0 atom stereocenters. The Balaban J connectivity index is 1.09. The lowest BCUT2D eigenvalue weighted by atomic mass is 9.73. The van der Waals surface area contributed by atoms with E-state index in [2.05, 4.69) is 276 Å². The molecule has 7 nitrogen and oxygen atoms in total. The Labute approximate surface area is 470 Å². The molecule has 2 aromatic heterocycles. The van der Waals surface area contributed by atoms with Crippen LogP contribution in [0.5, 0.6) is 0 Å². The maximum absolute atomic E-state index is 12.1. The molecule has 0 bridgehead atoms. The maximum Gasteiger partial charge on any atom is 0.104 e. The molecule has 0 amide bonds. The van der Waals surface area contributed by atoms with Gasteiger partial charge in [0.1, 0.15) is 23.3 Å². The summed E-state index contributed by atoms with van der Waals surface area (Å²) in [5.74, 6) is 0. The van der Waals surface area contributed by atoms with Gasteiger partial charge in [0.25, 0.3) is 0 Å². The summed E-state index contributed by atoms with van der Waals surface area (Å²) in [6, 6.07) is 93.3. The van der Waals surface area contributed by atoms with E-state index in [-0.39, 0.29) is 10.8 Å². The zero-order valence-corrected chi connectivity index (χ0v) is 45.3. The van der Waals surface area contributed by atoms with Gasteiger partial charge < -0.3 is 23.8 Å². The topological polar surface area (TPSA) is 67.2 Å². The van der Waals surface area contributed by atoms with Crippen LogP contribution in [0.3, 0.4) is 0 Å². The number of anilines is 9. The average Bonchev–Trinajstić information content (AvgIpc) is 4.13. The second kappa shape index (κ2) is 18.0. The summed E-state index contributed by atoms with van der Waals surface area (Å²) in [5.41, 5.74) is 18.9. The van der Waals surface area contributed by atoms with Crippen LogP contribution >= 0.6 is 0 Å². The number of benzene rings is 11. The number of rotatable bonds is 7. The minimum absolute atomic E-state index is 0.248. The first-order valence-electron chi connectivity index (χ1n) is 27.6. The predicted octanol–water partition coefficient (Wildman–Crippen LogP) is 19.3. The molecule has 2 aliphatic rings. The SMILES string of the molecule is CC1(C)c2ccccc2N(c2ccc3c(c2)c2cc(N4c5ccccc5C(C)(C)c5ccccc54)ccc2n3-c2c(C#N)c(N(c3ccccc3)c3ccccc3)cc(-n3c4ccccc4c4ccccc43)c2C#N)c2ccccc21. The van der Waals surface area contributed by atoms with Gasteiger partial charge in [-0.2, -0.15) is 10.5 Å². The third-order valence-electron chi connectivity index (χ3n) is 17.3. The first kappa shape index (κ1) is 47.6. The van der Waals surface area contributed by atoms with Crippen molar-refractivity contribution in [2.24, 2.45) is 0 Å². The number of nitrogens with zero attached hydrogens (tertiary/aromatic N) is 7. The van der Waals surface area contributed by atoms with Gasteiger partial charge >= 0.3 is 0 Å². The van der Waals surface area contributed by atoms with Crippen LogP contribution in [0.1, 0.15) is 61.1 Å². The summed E-state index contributed by atoms with van der Waals surface area (Å²) in [6.07, 6.45) is 0. The Morgan fingerprint density at radius 2 is 0.691 bits per heavy atom. The average molecular weight is 1040 g/mol. The van der Waals surface area contributed by atoms with E-state index in [1.54, 1.807) is 0 Å². The Kier molecular flexibility index (Phi) is 10.6. The fourth-order valence-corrected chi connectivity index (χ4v) is 13.6. The zero-order chi connectivity index (χ0) is 54.7. The minimum atomic E-state index is -0.248. The first-order chi connectivity index (χ1) is 39.7. The predicted molar refractivity (Wildman–Crippen MR) is 333 cm³/mol. The molecule has 384 valence electrons. The lowest BCUT2D eigenvalue weighted by Crippen LogP contribution is -2.30. The van der Waals surface area contributed by atoms with Crippen LogP contribution in [0.15, 0.2) is 249 Å². The molecule has 13 aromatic rings. The van der Waals surface area contributed by atoms with Gasteiger partial charge in [0, 0.05) is 55.1 Å².